The molecule has 1 saturated carbocycles. The lowest BCUT2D eigenvalue weighted by Crippen LogP contribution is -2.57. The van der Waals surface area contributed by atoms with E-state index in [-0.39, 0.29) is 0 Å². The molecule has 0 radical (unpaired) electrons. The quantitative estimate of drug-likeness (QED) is 0.304. The van der Waals surface area contributed by atoms with Crippen LogP contribution in [0.25, 0.3) is 21.9 Å². The number of carbonyl (C=O) groups is 2. The maximum atomic E-state index is 13.3. The molecule has 0 saturated heterocycles. The van der Waals surface area contributed by atoms with Gasteiger partial charge in [-0.25, -0.2) is 0 Å². The zero-order valence-corrected chi connectivity index (χ0v) is 19.7. The van der Waals surface area contributed by atoms with E-state index in [1.54, 1.807) is 12.1 Å². The fraction of sp³-hybridized carbons (Fsp3) is 0.308. The lowest BCUT2D eigenvalue weighted by molar-refractivity contribution is -0.165. The minimum Gasteiger partial charge on any atom is -0.492 e. The molecule has 0 N–H and O–H groups in total. The van der Waals surface area contributed by atoms with Gasteiger partial charge >= 0.3 is 11.9 Å². The Hall–Kier alpha value is -4.34. The number of hydrogen-bond acceptors (Lipinski definition) is 10. The number of methoxy groups -OCH3 is 4. The lowest BCUT2D eigenvalue weighted by atomic mass is 9.50. The highest BCUT2D eigenvalue weighted by Crippen LogP contribution is 2.70. The second-order valence-electron chi connectivity index (χ2n) is 8.89. The highest BCUT2D eigenvalue weighted by atomic mass is 16.6. The van der Waals surface area contributed by atoms with Crippen molar-refractivity contribution in [1.29, 1.82) is 0 Å². The van der Waals surface area contributed by atoms with Crippen LogP contribution in [-0.4, -0.2) is 40.4 Å². The van der Waals surface area contributed by atoms with Gasteiger partial charge in [0.05, 0.1) is 63.6 Å². The second-order valence-corrected chi connectivity index (χ2v) is 8.89. The van der Waals surface area contributed by atoms with E-state index in [2.05, 4.69) is 0 Å². The number of carbonyl (C=O) groups excluding carboxylic acids is 2. The standard InChI is InChI=1S/C26H20O10/c1-29-21-15-11-12-14(13(11)25(27)35-17(15)9-5-7-33-19(9)23(21)31-3)26(28)36-18-10-6-8-34-20(10)24(32-4)22(30-2)16(12)18/h5-8,11-14H,1-4H3. The van der Waals surface area contributed by atoms with Gasteiger partial charge in [-0.3, -0.25) is 9.59 Å². The van der Waals surface area contributed by atoms with E-state index in [1.807, 2.05) is 0 Å². The molecule has 0 spiro atoms. The van der Waals surface area contributed by atoms with Gasteiger partial charge in [0.25, 0.3) is 0 Å². The molecule has 4 atom stereocenters. The third-order valence-electron chi connectivity index (χ3n) is 7.60. The van der Waals surface area contributed by atoms with E-state index >= 15 is 0 Å². The molecular weight excluding hydrogens is 472 g/mol. The van der Waals surface area contributed by atoms with Crippen molar-refractivity contribution in [3.8, 4) is 34.5 Å². The van der Waals surface area contributed by atoms with Gasteiger partial charge in [-0.05, 0) is 12.1 Å². The van der Waals surface area contributed by atoms with Gasteiger partial charge in [-0.15, -0.1) is 0 Å². The van der Waals surface area contributed by atoms with Gasteiger partial charge in [0, 0.05) is 23.0 Å². The van der Waals surface area contributed by atoms with Gasteiger partial charge in [0.2, 0.25) is 11.5 Å². The smallest absolute Gasteiger partial charge is 0.315 e. The number of ether oxygens (including phenoxy) is 6. The Labute approximate surface area is 203 Å². The van der Waals surface area contributed by atoms with Crippen molar-refractivity contribution < 1.29 is 46.8 Å². The van der Waals surface area contributed by atoms with Crippen LogP contribution >= 0.6 is 0 Å². The summed E-state index contributed by atoms with van der Waals surface area (Å²) in [6.45, 7) is 0. The van der Waals surface area contributed by atoms with E-state index < -0.39 is 35.6 Å². The minimum atomic E-state index is -0.776. The van der Waals surface area contributed by atoms with Gasteiger partial charge in [-0.2, -0.15) is 0 Å². The first-order valence-corrected chi connectivity index (χ1v) is 11.3. The normalized spacial score (nSPS) is 23.6. The summed E-state index contributed by atoms with van der Waals surface area (Å²) in [5.41, 5.74) is 2.06. The summed E-state index contributed by atoms with van der Waals surface area (Å²) in [6, 6.07) is 3.42. The number of benzene rings is 2. The summed E-state index contributed by atoms with van der Waals surface area (Å²) in [5.74, 6) is -1.36. The summed E-state index contributed by atoms with van der Waals surface area (Å²) >= 11 is 0. The zero-order chi connectivity index (χ0) is 24.9. The van der Waals surface area contributed by atoms with E-state index in [4.69, 9.17) is 37.3 Å². The maximum absolute atomic E-state index is 13.3. The largest absolute Gasteiger partial charge is 0.492 e. The highest BCUT2D eigenvalue weighted by molar-refractivity contribution is 6.03. The summed E-state index contributed by atoms with van der Waals surface area (Å²) < 4.78 is 45.8. The van der Waals surface area contributed by atoms with Gasteiger partial charge in [0.1, 0.15) is 11.5 Å². The molecule has 4 unspecified atom stereocenters. The Kier molecular flexibility index (Phi) is 4.14. The lowest BCUT2D eigenvalue weighted by Gasteiger charge is -2.54. The first-order chi connectivity index (χ1) is 17.5. The van der Waals surface area contributed by atoms with Gasteiger partial charge in [0.15, 0.2) is 22.7 Å². The number of rotatable bonds is 4. The Balaban J connectivity index is 1.56. The number of esters is 2. The van der Waals surface area contributed by atoms with Crippen molar-refractivity contribution >= 4 is 33.9 Å². The Morgan fingerprint density at radius 3 is 1.33 bits per heavy atom. The van der Waals surface area contributed by atoms with Gasteiger partial charge < -0.3 is 37.3 Å². The van der Waals surface area contributed by atoms with Crippen LogP contribution in [0.15, 0.2) is 33.5 Å². The first kappa shape index (κ1) is 21.0. The minimum absolute atomic E-state index is 0.330. The molecule has 10 heteroatoms. The molecule has 4 aromatic rings. The predicted octanol–water partition coefficient (Wildman–Crippen LogP) is 4.16. The van der Waals surface area contributed by atoms with Crippen molar-refractivity contribution in [2.45, 2.75) is 11.8 Å². The summed E-state index contributed by atoms with van der Waals surface area (Å²) in [6.07, 6.45) is 2.99. The van der Waals surface area contributed by atoms with E-state index in [0.29, 0.717) is 67.6 Å². The van der Waals surface area contributed by atoms with Gasteiger partial charge in [-0.1, -0.05) is 0 Å². The van der Waals surface area contributed by atoms with Crippen LogP contribution in [0.4, 0.5) is 0 Å². The Bertz CT molecular complexity index is 1490. The molecule has 1 fully saturated rings. The second kappa shape index (κ2) is 7.09. The molecule has 2 aliphatic heterocycles. The summed E-state index contributed by atoms with van der Waals surface area (Å²) in [4.78, 5) is 26.6. The van der Waals surface area contributed by atoms with Crippen LogP contribution in [0.1, 0.15) is 23.0 Å². The highest BCUT2D eigenvalue weighted by Gasteiger charge is 2.66. The van der Waals surface area contributed by atoms with E-state index in [9.17, 15) is 9.59 Å². The van der Waals surface area contributed by atoms with E-state index in [1.165, 1.54) is 41.0 Å². The molecule has 2 aromatic carbocycles. The average Bonchev–Trinajstić information content (AvgIpc) is 3.54. The number of fused-ring (bicyclic) bond motifs is 12. The van der Waals surface area contributed by atoms with Crippen LogP contribution in [0.2, 0.25) is 0 Å². The molecule has 2 aromatic heterocycles. The maximum Gasteiger partial charge on any atom is 0.315 e. The molecule has 0 amide bonds. The molecule has 184 valence electrons. The van der Waals surface area contributed by atoms with Crippen molar-refractivity contribution in [3.05, 3.63) is 35.8 Å². The van der Waals surface area contributed by atoms with E-state index in [0.717, 1.165) is 0 Å². The fourth-order valence-electron chi connectivity index (χ4n) is 6.27. The number of hydrogen-bond donors (Lipinski definition) is 0. The van der Waals surface area contributed by atoms with Crippen molar-refractivity contribution in [2.75, 3.05) is 28.4 Å². The Morgan fingerprint density at radius 2 is 0.972 bits per heavy atom. The Morgan fingerprint density at radius 1 is 0.583 bits per heavy atom. The van der Waals surface area contributed by atoms with Crippen molar-refractivity contribution in [3.63, 3.8) is 0 Å². The monoisotopic (exact) mass is 492 g/mol. The molecule has 36 heavy (non-hydrogen) atoms. The molecular formula is C26H20O10. The molecule has 1 aliphatic carbocycles. The molecule has 4 heterocycles. The van der Waals surface area contributed by atoms with Crippen molar-refractivity contribution in [1.82, 2.24) is 0 Å². The summed E-state index contributed by atoms with van der Waals surface area (Å²) in [5, 5.41) is 1.15. The molecule has 3 aliphatic rings. The van der Waals surface area contributed by atoms with Crippen LogP contribution in [0.5, 0.6) is 34.5 Å². The molecule has 0 bridgehead atoms. The van der Waals surface area contributed by atoms with Crippen LogP contribution in [-0.2, 0) is 9.59 Å². The zero-order valence-electron chi connectivity index (χ0n) is 19.7. The van der Waals surface area contributed by atoms with Crippen LogP contribution in [0, 0.1) is 11.8 Å². The SMILES string of the molecule is COc1c2c(c3ccoc3c1OC)OC(=O)C1C3C(=O)Oc4c(c(OC)c(OC)c5occc45)C3C21. The fourth-order valence-corrected chi connectivity index (χ4v) is 6.27. The predicted molar refractivity (Wildman–Crippen MR) is 122 cm³/mol. The molecule has 10 nitrogen and oxygen atoms in total. The molecule has 7 rings (SSSR count). The third-order valence-corrected chi connectivity index (χ3v) is 7.60. The number of furan rings is 2. The summed E-state index contributed by atoms with van der Waals surface area (Å²) in [7, 11) is 6.05. The van der Waals surface area contributed by atoms with Crippen molar-refractivity contribution in [2.24, 2.45) is 11.8 Å². The third kappa shape index (κ3) is 2.27. The first-order valence-electron chi connectivity index (χ1n) is 11.3. The topological polar surface area (TPSA) is 116 Å². The van der Waals surface area contributed by atoms with Crippen LogP contribution in [0.3, 0.4) is 0 Å². The average molecular weight is 492 g/mol. The van der Waals surface area contributed by atoms with Crippen LogP contribution < -0.4 is 28.4 Å².